The van der Waals surface area contributed by atoms with E-state index in [0.29, 0.717) is 6.73 Å². The minimum Gasteiger partial charge on any atom is -0.493 e. The molecule has 0 spiro atoms. The maximum Gasteiger partial charge on any atom is 0.128 e. The van der Waals surface area contributed by atoms with Crippen LogP contribution in [-0.2, 0) is 11.5 Å². The van der Waals surface area contributed by atoms with Gasteiger partial charge in [-0.25, -0.2) is 0 Å². The van der Waals surface area contributed by atoms with Gasteiger partial charge in [-0.1, -0.05) is 13.0 Å². The summed E-state index contributed by atoms with van der Waals surface area (Å²) in [5.74, 6) is 1.78. The van der Waals surface area contributed by atoms with Gasteiger partial charge in [-0.15, -0.1) is 0 Å². The van der Waals surface area contributed by atoms with E-state index in [1.165, 1.54) is 23.7 Å². The molecule has 0 atom stereocenters. The van der Waals surface area contributed by atoms with Crippen LogP contribution in [0, 0.1) is 5.92 Å². The molecule has 1 aliphatic rings. The van der Waals surface area contributed by atoms with Crippen molar-refractivity contribution in [2.45, 2.75) is 32.9 Å². The van der Waals surface area contributed by atoms with Crippen LogP contribution < -0.4 is 4.74 Å². The summed E-state index contributed by atoms with van der Waals surface area (Å²) in [5.41, 5.74) is 1.18. The van der Waals surface area contributed by atoms with Crippen molar-refractivity contribution in [3.63, 3.8) is 0 Å². The monoisotopic (exact) mass is 259 g/mol. The number of fused-ring (bicyclic) bond motifs is 1. The van der Waals surface area contributed by atoms with E-state index in [1.54, 1.807) is 0 Å². The van der Waals surface area contributed by atoms with Crippen molar-refractivity contribution in [1.82, 2.24) is 4.57 Å². The maximum atomic E-state index is 5.78. The summed E-state index contributed by atoms with van der Waals surface area (Å²) >= 11 is 0. The summed E-state index contributed by atoms with van der Waals surface area (Å²) in [4.78, 5) is 0. The molecule has 3 nitrogen and oxygen atoms in total. The highest BCUT2D eigenvalue weighted by Gasteiger charge is 2.21. The fraction of sp³-hybridized carbons (Fsp3) is 0.500. The van der Waals surface area contributed by atoms with Crippen LogP contribution in [0.2, 0.25) is 0 Å². The van der Waals surface area contributed by atoms with Gasteiger partial charge in [0, 0.05) is 11.6 Å². The van der Waals surface area contributed by atoms with Crippen molar-refractivity contribution in [3.8, 4) is 5.75 Å². The van der Waals surface area contributed by atoms with Crippen LogP contribution in [0.1, 0.15) is 26.2 Å². The van der Waals surface area contributed by atoms with Crippen LogP contribution in [0.15, 0.2) is 30.5 Å². The molecule has 1 heterocycles. The normalized spacial score (nSPS) is 15.0. The van der Waals surface area contributed by atoms with Gasteiger partial charge in [-0.3, -0.25) is 0 Å². The van der Waals surface area contributed by atoms with Gasteiger partial charge >= 0.3 is 0 Å². The summed E-state index contributed by atoms with van der Waals surface area (Å²) in [5, 5.41) is 1.17. The van der Waals surface area contributed by atoms with Gasteiger partial charge < -0.3 is 14.0 Å². The summed E-state index contributed by atoms with van der Waals surface area (Å²) in [6.07, 6.45) is 5.78. The van der Waals surface area contributed by atoms with Gasteiger partial charge in [0.25, 0.3) is 0 Å². The fourth-order valence-corrected chi connectivity index (χ4v) is 2.25. The minimum atomic E-state index is 0.636. The molecule has 1 aromatic heterocycles. The van der Waals surface area contributed by atoms with Crippen molar-refractivity contribution in [3.05, 3.63) is 30.5 Å². The van der Waals surface area contributed by atoms with Crippen molar-refractivity contribution >= 4 is 10.9 Å². The number of ether oxygens (including phenoxy) is 2. The Hall–Kier alpha value is -1.48. The molecule has 0 bridgehead atoms. The molecule has 2 aromatic rings. The van der Waals surface area contributed by atoms with Crippen LogP contribution in [0.25, 0.3) is 10.9 Å². The SMILES string of the molecule is CCCOc1cccc2c1ccn2COCC1CC1. The lowest BCUT2D eigenvalue weighted by molar-refractivity contribution is 0.0718. The van der Waals surface area contributed by atoms with Crippen LogP contribution in [0.3, 0.4) is 0 Å². The largest absolute Gasteiger partial charge is 0.493 e. The molecule has 19 heavy (non-hydrogen) atoms. The topological polar surface area (TPSA) is 23.4 Å². The smallest absolute Gasteiger partial charge is 0.128 e. The molecule has 0 unspecified atom stereocenters. The molecule has 1 fully saturated rings. The lowest BCUT2D eigenvalue weighted by Gasteiger charge is -2.09. The zero-order valence-corrected chi connectivity index (χ0v) is 11.5. The van der Waals surface area contributed by atoms with Crippen molar-refractivity contribution in [2.24, 2.45) is 5.92 Å². The molecule has 3 rings (SSSR count). The second-order valence-corrected chi connectivity index (χ2v) is 5.27. The number of nitrogens with zero attached hydrogens (tertiary/aromatic N) is 1. The third-order valence-electron chi connectivity index (χ3n) is 3.52. The molecule has 3 heteroatoms. The van der Waals surface area contributed by atoms with Gasteiger partial charge in [0.1, 0.15) is 12.5 Å². The molecule has 1 aliphatic carbocycles. The van der Waals surface area contributed by atoms with Crippen molar-refractivity contribution in [1.29, 1.82) is 0 Å². The average Bonchev–Trinajstić information content (AvgIpc) is 3.16. The average molecular weight is 259 g/mol. The number of aromatic nitrogens is 1. The Labute approximate surface area is 114 Å². The van der Waals surface area contributed by atoms with Gasteiger partial charge in [0.2, 0.25) is 0 Å². The van der Waals surface area contributed by atoms with E-state index < -0.39 is 0 Å². The molecule has 1 aromatic carbocycles. The molecule has 1 saturated carbocycles. The van der Waals surface area contributed by atoms with E-state index in [4.69, 9.17) is 9.47 Å². The molecule has 0 N–H and O–H groups in total. The van der Waals surface area contributed by atoms with E-state index in [1.807, 2.05) is 12.1 Å². The predicted octanol–water partition coefficient (Wildman–Crippen LogP) is 3.81. The Morgan fingerprint density at radius 3 is 2.95 bits per heavy atom. The summed E-state index contributed by atoms with van der Waals surface area (Å²) in [7, 11) is 0. The highest BCUT2D eigenvalue weighted by Crippen LogP contribution is 2.30. The molecule has 102 valence electrons. The van der Waals surface area contributed by atoms with Crippen LogP contribution in [-0.4, -0.2) is 17.8 Å². The zero-order chi connectivity index (χ0) is 13.1. The molecule has 0 radical (unpaired) electrons. The first-order chi connectivity index (χ1) is 9.38. The predicted molar refractivity (Wildman–Crippen MR) is 76.4 cm³/mol. The molecular formula is C16H21NO2. The van der Waals surface area contributed by atoms with Gasteiger partial charge in [0.15, 0.2) is 0 Å². The first-order valence-corrected chi connectivity index (χ1v) is 7.17. The van der Waals surface area contributed by atoms with E-state index in [0.717, 1.165) is 31.3 Å². The lowest BCUT2D eigenvalue weighted by Crippen LogP contribution is -2.03. The highest BCUT2D eigenvalue weighted by molar-refractivity contribution is 5.86. The zero-order valence-electron chi connectivity index (χ0n) is 11.5. The lowest BCUT2D eigenvalue weighted by atomic mass is 10.2. The third kappa shape index (κ3) is 2.92. The second kappa shape index (κ2) is 5.66. The van der Waals surface area contributed by atoms with E-state index in [9.17, 15) is 0 Å². The fourth-order valence-electron chi connectivity index (χ4n) is 2.25. The first-order valence-electron chi connectivity index (χ1n) is 7.17. The summed E-state index contributed by atoms with van der Waals surface area (Å²) in [6.45, 7) is 4.42. The number of rotatable bonds is 7. The van der Waals surface area contributed by atoms with Gasteiger partial charge in [0.05, 0.1) is 18.7 Å². The Morgan fingerprint density at radius 1 is 1.26 bits per heavy atom. The van der Waals surface area contributed by atoms with Crippen LogP contribution in [0.4, 0.5) is 0 Å². The Bertz CT molecular complexity index is 543. The Kier molecular flexibility index (Phi) is 3.74. The molecular weight excluding hydrogens is 238 g/mol. The Morgan fingerprint density at radius 2 is 2.16 bits per heavy atom. The first kappa shape index (κ1) is 12.5. The highest BCUT2D eigenvalue weighted by atomic mass is 16.5. The quantitative estimate of drug-likeness (QED) is 0.754. The standard InChI is InChI=1S/C16H21NO2/c1-2-10-19-16-5-3-4-15-14(16)8-9-17(15)12-18-11-13-6-7-13/h3-5,8-9,13H,2,6-7,10-12H2,1H3. The maximum absolute atomic E-state index is 5.78. The third-order valence-corrected chi connectivity index (χ3v) is 3.52. The van der Waals surface area contributed by atoms with Crippen LogP contribution in [0.5, 0.6) is 5.75 Å². The molecule has 0 amide bonds. The van der Waals surface area contributed by atoms with Gasteiger partial charge in [-0.05, 0) is 43.4 Å². The van der Waals surface area contributed by atoms with Crippen molar-refractivity contribution < 1.29 is 9.47 Å². The summed E-state index contributed by atoms with van der Waals surface area (Å²) < 4.78 is 13.7. The molecule has 0 saturated heterocycles. The minimum absolute atomic E-state index is 0.636. The Balaban J connectivity index is 1.73. The number of benzene rings is 1. The van der Waals surface area contributed by atoms with Crippen LogP contribution >= 0.6 is 0 Å². The van der Waals surface area contributed by atoms with E-state index >= 15 is 0 Å². The number of hydrogen-bond donors (Lipinski definition) is 0. The number of hydrogen-bond acceptors (Lipinski definition) is 2. The summed E-state index contributed by atoms with van der Waals surface area (Å²) in [6, 6.07) is 8.31. The second-order valence-electron chi connectivity index (χ2n) is 5.27. The van der Waals surface area contributed by atoms with E-state index in [2.05, 4.69) is 29.8 Å². The van der Waals surface area contributed by atoms with Crippen molar-refractivity contribution in [2.75, 3.05) is 13.2 Å². The molecule has 0 aliphatic heterocycles. The van der Waals surface area contributed by atoms with Gasteiger partial charge in [-0.2, -0.15) is 0 Å². The van der Waals surface area contributed by atoms with E-state index in [-0.39, 0.29) is 0 Å².